The van der Waals surface area contributed by atoms with Crippen LogP contribution in [0.2, 0.25) is 0 Å². The van der Waals surface area contributed by atoms with E-state index in [1.165, 1.54) is 25.7 Å². The summed E-state index contributed by atoms with van der Waals surface area (Å²) in [5, 5.41) is 12.4. The van der Waals surface area contributed by atoms with Gasteiger partial charge in [0, 0.05) is 17.7 Å². The van der Waals surface area contributed by atoms with E-state index in [1.807, 2.05) is 13.0 Å². The van der Waals surface area contributed by atoms with Gasteiger partial charge in [0.2, 0.25) is 5.91 Å². The highest BCUT2D eigenvalue weighted by Crippen LogP contribution is 2.27. The maximum Gasteiger partial charge on any atom is 0.227 e. The zero-order valence-corrected chi connectivity index (χ0v) is 14.3. The summed E-state index contributed by atoms with van der Waals surface area (Å²) in [6, 6.07) is 5.23. The Morgan fingerprint density at radius 3 is 2.27 bits per heavy atom. The summed E-state index contributed by atoms with van der Waals surface area (Å²) in [4.78, 5) is 11.8. The molecular formula is C19H31NO2. The molecule has 0 atom stereocenters. The first kappa shape index (κ1) is 18.5. The molecule has 0 saturated heterocycles. The van der Waals surface area contributed by atoms with Gasteiger partial charge in [-0.15, -0.1) is 0 Å². The van der Waals surface area contributed by atoms with E-state index in [0.29, 0.717) is 5.69 Å². The van der Waals surface area contributed by atoms with Gasteiger partial charge >= 0.3 is 0 Å². The monoisotopic (exact) mass is 305 g/mol. The van der Waals surface area contributed by atoms with E-state index in [2.05, 4.69) is 19.2 Å². The van der Waals surface area contributed by atoms with Gasteiger partial charge in [-0.05, 0) is 31.4 Å². The average molecular weight is 305 g/mol. The number of hydrogen-bond donors (Lipinski definition) is 2. The van der Waals surface area contributed by atoms with Crippen molar-refractivity contribution in [3.8, 4) is 5.75 Å². The van der Waals surface area contributed by atoms with Gasteiger partial charge in [-0.2, -0.15) is 0 Å². The van der Waals surface area contributed by atoms with Gasteiger partial charge in [-0.1, -0.05) is 58.4 Å². The molecule has 2 rings (SSSR count). The number of hydrogen-bond acceptors (Lipinski definition) is 2. The minimum absolute atomic E-state index is 0.0840. The number of unbranched alkanes of at least 4 members (excludes halogenated alkanes) is 3. The van der Waals surface area contributed by atoms with Crippen LogP contribution < -0.4 is 5.32 Å². The summed E-state index contributed by atoms with van der Waals surface area (Å²) >= 11 is 0. The van der Waals surface area contributed by atoms with Crippen LogP contribution in [0.25, 0.3) is 0 Å². The number of phenols is 1. The summed E-state index contributed by atoms with van der Waals surface area (Å²) in [6.45, 7) is 6.29. The van der Waals surface area contributed by atoms with Crippen LogP contribution in [-0.4, -0.2) is 11.0 Å². The van der Waals surface area contributed by atoms with Gasteiger partial charge in [-0.3, -0.25) is 4.79 Å². The Bertz CT molecular complexity index is 447. The Kier molecular flexibility index (Phi) is 8.64. The molecule has 1 amide bonds. The van der Waals surface area contributed by atoms with Crippen LogP contribution in [0.1, 0.15) is 70.8 Å². The lowest BCUT2D eigenvalue weighted by Crippen LogP contribution is -2.20. The fourth-order valence-electron chi connectivity index (χ4n) is 2.62. The normalized spacial score (nSPS) is 14.3. The van der Waals surface area contributed by atoms with Crippen LogP contribution in [0.3, 0.4) is 0 Å². The lowest BCUT2D eigenvalue weighted by molar-refractivity contribution is -0.119. The Balaban J connectivity index is 0.000000346. The summed E-state index contributed by atoms with van der Waals surface area (Å²) in [6.07, 6.45) is 9.82. The van der Waals surface area contributed by atoms with E-state index in [0.717, 1.165) is 31.2 Å². The Morgan fingerprint density at radius 2 is 1.77 bits per heavy atom. The zero-order chi connectivity index (χ0) is 16.4. The quantitative estimate of drug-likeness (QED) is 0.714. The number of carbonyl (C=O) groups excluding carboxylic acids is 1. The molecule has 1 aromatic carbocycles. The largest absolute Gasteiger partial charge is 0.508 e. The number of carbonyl (C=O) groups is 1. The fourth-order valence-corrected chi connectivity index (χ4v) is 2.62. The van der Waals surface area contributed by atoms with Crippen molar-refractivity contribution in [2.45, 2.75) is 72.1 Å². The van der Waals surface area contributed by atoms with E-state index in [9.17, 15) is 9.90 Å². The predicted octanol–water partition coefficient (Wildman–Crippen LogP) is 5.42. The van der Waals surface area contributed by atoms with Gasteiger partial charge < -0.3 is 10.4 Å². The number of aryl methyl sites for hydroxylation is 1. The number of aromatic hydroxyl groups is 1. The molecule has 2 N–H and O–H groups in total. The molecule has 1 aromatic rings. The zero-order valence-electron chi connectivity index (χ0n) is 14.3. The first-order valence-corrected chi connectivity index (χ1v) is 8.69. The number of nitrogens with one attached hydrogen (secondary N) is 1. The molecule has 0 radical (unpaired) electrons. The number of rotatable bonds is 5. The standard InChI is InChI=1S/C13H17NO2.C6H14/c1-9-6-7-11(8-12(9)15)14-13(16)10-4-2-3-5-10;1-3-5-6-4-2/h6-8,10,15H,2-5H2,1H3,(H,14,16);3-6H2,1-2H3. The average Bonchev–Trinajstić information content (AvgIpc) is 3.04. The van der Waals surface area contributed by atoms with Crippen LogP contribution in [0.5, 0.6) is 5.75 Å². The van der Waals surface area contributed by atoms with Crippen LogP contribution in [-0.2, 0) is 4.79 Å². The molecular weight excluding hydrogens is 274 g/mol. The molecule has 124 valence electrons. The summed E-state index contributed by atoms with van der Waals surface area (Å²) in [7, 11) is 0. The van der Waals surface area contributed by atoms with Gasteiger partial charge in [0.25, 0.3) is 0 Å². The second kappa shape index (κ2) is 10.3. The van der Waals surface area contributed by atoms with Crippen LogP contribution in [0.4, 0.5) is 5.69 Å². The molecule has 0 aromatic heterocycles. The maximum absolute atomic E-state index is 11.8. The number of amides is 1. The highest BCUT2D eigenvalue weighted by Gasteiger charge is 2.22. The topological polar surface area (TPSA) is 49.3 Å². The van der Waals surface area contributed by atoms with Crippen molar-refractivity contribution < 1.29 is 9.90 Å². The van der Waals surface area contributed by atoms with Crippen molar-refractivity contribution >= 4 is 11.6 Å². The molecule has 0 unspecified atom stereocenters. The van der Waals surface area contributed by atoms with Crippen LogP contribution >= 0.6 is 0 Å². The lowest BCUT2D eigenvalue weighted by Gasteiger charge is -2.11. The van der Waals surface area contributed by atoms with Gasteiger partial charge in [0.15, 0.2) is 0 Å². The summed E-state index contributed by atoms with van der Waals surface area (Å²) < 4.78 is 0. The summed E-state index contributed by atoms with van der Waals surface area (Å²) in [5.41, 5.74) is 1.50. The Morgan fingerprint density at radius 1 is 1.18 bits per heavy atom. The molecule has 0 bridgehead atoms. The van der Waals surface area contributed by atoms with Gasteiger partial charge in [0.05, 0.1) is 0 Å². The first-order chi connectivity index (χ1) is 10.6. The predicted molar refractivity (Wildman–Crippen MR) is 93.2 cm³/mol. The van der Waals surface area contributed by atoms with E-state index >= 15 is 0 Å². The Labute approximate surface area is 135 Å². The summed E-state index contributed by atoms with van der Waals surface area (Å²) in [5.74, 6) is 0.466. The molecule has 3 heteroatoms. The van der Waals surface area contributed by atoms with E-state index in [1.54, 1.807) is 12.1 Å². The van der Waals surface area contributed by atoms with Crippen molar-refractivity contribution in [3.63, 3.8) is 0 Å². The molecule has 0 aliphatic heterocycles. The maximum atomic E-state index is 11.8. The second-order valence-electron chi connectivity index (χ2n) is 6.18. The van der Waals surface area contributed by atoms with Crippen molar-refractivity contribution in [1.29, 1.82) is 0 Å². The minimum Gasteiger partial charge on any atom is -0.508 e. The highest BCUT2D eigenvalue weighted by atomic mass is 16.3. The lowest BCUT2D eigenvalue weighted by atomic mass is 10.1. The second-order valence-corrected chi connectivity index (χ2v) is 6.18. The van der Waals surface area contributed by atoms with Gasteiger partial charge in [-0.25, -0.2) is 0 Å². The van der Waals surface area contributed by atoms with Crippen molar-refractivity contribution in [2.24, 2.45) is 5.92 Å². The third-order valence-electron chi connectivity index (χ3n) is 4.16. The SMILES string of the molecule is CCCCCC.Cc1ccc(NC(=O)C2CCCC2)cc1O. The van der Waals surface area contributed by atoms with E-state index in [4.69, 9.17) is 0 Å². The van der Waals surface area contributed by atoms with Crippen molar-refractivity contribution in [3.05, 3.63) is 23.8 Å². The van der Waals surface area contributed by atoms with E-state index in [-0.39, 0.29) is 17.6 Å². The molecule has 1 fully saturated rings. The van der Waals surface area contributed by atoms with Crippen molar-refractivity contribution in [2.75, 3.05) is 5.32 Å². The van der Waals surface area contributed by atoms with E-state index < -0.39 is 0 Å². The first-order valence-electron chi connectivity index (χ1n) is 8.69. The molecule has 3 nitrogen and oxygen atoms in total. The minimum atomic E-state index is 0.0840. The molecule has 0 spiro atoms. The molecule has 1 saturated carbocycles. The van der Waals surface area contributed by atoms with Crippen LogP contribution in [0.15, 0.2) is 18.2 Å². The molecule has 22 heavy (non-hydrogen) atoms. The highest BCUT2D eigenvalue weighted by molar-refractivity contribution is 5.92. The number of benzene rings is 1. The smallest absolute Gasteiger partial charge is 0.227 e. The molecule has 1 aliphatic carbocycles. The fraction of sp³-hybridized carbons (Fsp3) is 0.632. The number of phenolic OH excluding ortho intramolecular Hbond substituents is 1. The van der Waals surface area contributed by atoms with Gasteiger partial charge in [0.1, 0.15) is 5.75 Å². The Hall–Kier alpha value is -1.51. The third kappa shape index (κ3) is 6.50. The van der Waals surface area contributed by atoms with Crippen LogP contribution in [0, 0.1) is 12.8 Å². The molecule has 1 aliphatic rings. The third-order valence-corrected chi connectivity index (χ3v) is 4.16. The van der Waals surface area contributed by atoms with Crippen molar-refractivity contribution in [1.82, 2.24) is 0 Å². The number of anilines is 1. The molecule has 0 heterocycles.